The Kier molecular flexibility index (Phi) is 3.30. The zero-order valence-corrected chi connectivity index (χ0v) is 12.2. The van der Waals surface area contributed by atoms with Gasteiger partial charge in [-0.3, -0.25) is 4.79 Å². The lowest BCUT2D eigenvalue weighted by molar-refractivity contribution is 0.426. The maximum absolute atomic E-state index is 13.4. The van der Waals surface area contributed by atoms with E-state index in [-0.39, 0.29) is 22.8 Å². The van der Waals surface area contributed by atoms with Crippen molar-refractivity contribution in [2.24, 2.45) is 0 Å². The lowest BCUT2D eigenvalue weighted by Gasteiger charge is -2.25. The fourth-order valence-corrected chi connectivity index (χ4v) is 2.65. The Labute approximate surface area is 130 Å². The van der Waals surface area contributed by atoms with Crippen molar-refractivity contribution in [1.82, 2.24) is 20.4 Å². The van der Waals surface area contributed by atoms with Gasteiger partial charge in [-0.2, -0.15) is 4.98 Å². The number of aromatic nitrogens is 3. The molecule has 3 aromatic rings. The summed E-state index contributed by atoms with van der Waals surface area (Å²) < 4.78 is 18.6. The Hall–Kier alpha value is -2.74. The van der Waals surface area contributed by atoms with Crippen molar-refractivity contribution in [3.8, 4) is 11.5 Å². The number of nitrogens with zero attached hydrogens (tertiary/aromatic N) is 3. The molecule has 7 nitrogen and oxygen atoms in total. The Morgan fingerprint density at radius 1 is 1.22 bits per heavy atom. The largest absolute Gasteiger partial charge is 0.336 e. The molecule has 3 heterocycles. The number of aromatic amines is 1. The van der Waals surface area contributed by atoms with Gasteiger partial charge in [0.1, 0.15) is 11.4 Å². The molecule has 0 atom stereocenters. The van der Waals surface area contributed by atoms with Gasteiger partial charge >= 0.3 is 0 Å². The maximum Gasteiger partial charge on any atom is 0.266 e. The molecule has 0 amide bonds. The number of anilines is 1. The van der Waals surface area contributed by atoms with Gasteiger partial charge in [0.25, 0.3) is 17.4 Å². The number of piperazine rings is 1. The van der Waals surface area contributed by atoms with Crippen LogP contribution in [0.1, 0.15) is 0 Å². The van der Waals surface area contributed by atoms with E-state index in [1.54, 1.807) is 6.07 Å². The predicted molar refractivity (Wildman–Crippen MR) is 82.9 cm³/mol. The van der Waals surface area contributed by atoms with Crippen molar-refractivity contribution in [1.29, 1.82) is 0 Å². The van der Waals surface area contributed by atoms with Crippen LogP contribution >= 0.6 is 0 Å². The van der Waals surface area contributed by atoms with Gasteiger partial charge < -0.3 is 19.7 Å². The maximum atomic E-state index is 13.4. The van der Waals surface area contributed by atoms with Gasteiger partial charge in [0.2, 0.25) is 0 Å². The van der Waals surface area contributed by atoms with Gasteiger partial charge in [-0.05, 0) is 29.4 Å². The van der Waals surface area contributed by atoms with Crippen molar-refractivity contribution < 1.29 is 8.91 Å². The third-order valence-corrected chi connectivity index (χ3v) is 3.85. The summed E-state index contributed by atoms with van der Waals surface area (Å²) in [5.74, 6) is 0.216. The lowest BCUT2D eigenvalue weighted by atomic mass is 10.1. The van der Waals surface area contributed by atoms with Gasteiger partial charge in [-0.15, -0.1) is 0 Å². The zero-order chi connectivity index (χ0) is 15.8. The lowest BCUT2D eigenvalue weighted by Crippen LogP contribution is -2.44. The SMILES string of the molecule is O=c1[nH]c2ccc(F)cc2cc1-c1nc(N2CCNCC2)no1. The van der Waals surface area contributed by atoms with Crippen molar-refractivity contribution in [2.45, 2.75) is 0 Å². The molecule has 1 aliphatic rings. The van der Waals surface area contributed by atoms with E-state index < -0.39 is 0 Å². The monoisotopic (exact) mass is 315 g/mol. The summed E-state index contributed by atoms with van der Waals surface area (Å²) in [5, 5.41) is 7.75. The average molecular weight is 315 g/mol. The third-order valence-electron chi connectivity index (χ3n) is 3.85. The van der Waals surface area contributed by atoms with E-state index in [2.05, 4.69) is 20.4 Å². The number of H-pyrrole nitrogens is 1. The molecule has 4 rings (SSSR count). The zero-order valence-electron chi connectivity index (χ0n) is 12.2. The van der Waals surface area contributed by atoms with Crippen molar-refractivity contribution in [2.75, 3.05) is 31.1 Å². The van der Waals surface area contributed by atoms with Crippen LogP contribution in [0.15, 0.2) is 33.6 Å². The van der Waals surface area contributed by atoms with E-state index >= 15 is 0 Å². The summed E-state index contributed by atoms with van der Waals surface area (Å²) in [6.45, 7) is 3.25. The highest BCUT2D eigenvalue weighted by Crippen LogP contribution is 2.21. The van der Waals surface area contributed by atoms with Crippen molar-refractivity contribution in [3.05, 3.63) is 40.4 Å². The number of hydrogen-bond donors (Lipinski definition) is 2. The standard InChI is InChI=1S/C15H14FN5O2/c16-10-1-2-12-9(7-10)8-11(13(22)18-12)14-19-15(20-23-14)21-5-3-17-4-6-21/h1-2,7-8,17H,3-6H2,(H,18,22). The van der Waals surface area contributed by atoms with Crippen LogP contribution in [0.5, 0.6) is 0 Å². The summed E-state index contributed by atoms with van der Waals surface area (Å²) in [4.78, 5) is 21.2. The molecule has 0 saturated carbocycles. The van der Waals surface area contributed by atoms with Crippen molar-refractivity contribution >= 4 is 16.9 Å². The number of pyridine rings is 1. The molecule has 0 unspecified atom stereocenters. The van der Waals surface area contributed by atoms with Crippen LogP contribution in [-0.2, 0) is 0 Å². The van der Waals surface area contributed by atoms with Crippen LogP contribution in [0.3, 0.4) is 0 Å². The fraction of sp³-hybridized carbons (Fsp3) is 0.267. The molecule has 0 bridgehead atoms. The molecule has 1 fully saturated rings. The van der Waals surface area contributed by atoms with Gasteiger partial charge in [-0.1, -0.05) is 0 Å². The van der Waals surface area contributed by atoms with Gasteiger partial charge in [0.05, 0.1) is 0 Å². The number of nitrogens with one attached hydrogen (secondary N) is 2. The van der Waals surface area contributed by atoms with Crippen LogP contribution in [-0.4, -0.2) is 41.3 Å². The summed E-state index contributed by atoms with van der Waals surface area (Å²) in [7, 11) is 0. The minimum Gasteiger partial charge on any atom is -0.336 e. The Morgan fingerprint density at radius 2 is 2.04 bits per heavy atom. The molecule has 0 radical (unpaired) electrons. The number of rotatable bonds is 2. The highest BCUT2D eigenvalue weighted by atomic mass is 19.1. The summed E-state index contributed by atoms with van der Waals surface area (Å²) in [6.07, 6.45) is 0. The van der Waals surface area contributed by atoms with Gasteiger partial charge in [0, 0.05) is 37.1 Å². The number of fused-ring (bicyclic) bond motifs is 1. The van der Waals surface area contributed by atoms with Crippen LogP contribution in [0.4, 0.5) is 10.3 Å². The molecule has 118 valence electrons. The Balaban J connectivity index is 1.75. The second-order valence-corrected chi connectivity index (χ2v) is 5.38. The first kappa shape index (κ1) is 13.9. The molecule has 2 N–H and O–H groups in total. The predicted octanol–water partition coefficient (Wildman–Crippen LogP) is 1.13. The van der Waals surface area contributed by atoms with E-state index in [1.807, 2.05) is 4.90 Å². The third kappa shape index (κ3) is 2.57. The molecule has 23 heavy (non-hydrogen) atoms. The van der Waals surface area contributed by atoms with E-state index in [0.717, 1.165) is 26.2 Å². The molecule has 1 aromatic carbocycles. The van der Waals surface area contributed by atoms with Gasteiger partial charge in [-0.25, -0.2) is 4.39 Å². The summed E-state index contributed by atoms with van der Waals surface area (Å²) in [5.41, 5.74) is 0.443. The number of hydrogen-bond acceptors (Lipinski definition) is 6. The first-order valence-corrected chi connectivity index (χ1v) is 7.33. The van der Waals surface area contributed by atoms with Crippen molar-refractivity contribution in [3.63, 3.8) is 0 Å². The summed E-state index contributed by atoms with van der Waals surface area (Å²) >= 11 is 0. The highest BCUT2D eigenvalue weighted by Gasteiger charge is 2.19. The first-order chi connectivity index (χ1) is 11.2. The van der Waals surface area contributed by atoms with Gasteiger partial charge in [0.15, 0.2) is 0 Å². The van der Waals surface area contributed by atoms with E-state index in [4.69, 9.17) is 4.52 Å². The quantitative estimate of drug-likeness (QED) is 0.737. The summed E-state index contributed by atoms with van der Waals surface area (Å²) in [6, 6.07) is 5.73. The molecule has 2 aromatic heterocycles. The Morgan fingerprint density at radius 3 is 2.87 bits per heavy atom. The molecule has 0 spiro atoms. The number of halogens is 1. The number of benzene rings is 1. The second-order valence-electron chi connectivity index (χ2n) is 5.38. The molecule has 1 aliphatic heterocycles. The van der Waals surface area contributed by atoms with Crippen LogP contribution in [0, 0.1) is 5.82 Å². The average Bonchev–Trinajstić information content (AvgIpc) is 3.05. The van der Waals surface area contributed by atoms with Crippen LogP contribution < -0.4 is 15.8 Å². The second kappa shape index (κ2) is 5.47. The molecule has 0 aliphatic carbocycles. The normalized spacial score (nSPS) is 15.3. The van der Waals surface area contributed by atoms with Crippen LogP contribution in [0.2, 0.25) is 0 Å². The molecule has 8 heteroatoms. The first-order valence-electron chi connectivity index (χ1n) is 7.33. The molecule has 1 saturated heterocycles. The van der Waals surface area contributed by atoms with E-state index in [0.29, 0.717) is 16.9 Å². The van der Waals surface area contributed by atoms with Crippen LogP contribution in [0.25, 0.3) is 22.4 Å². The minimum atomic E-state index is -0.373. The Bertz CT molecular complexity index is 914. The fourth-order valence-electron chi connectivity index (χ4n) is 2.65. The topological polar surface area (TPSA) is 87.0 Å². The minimum absolute atomic E-state index is 0.131. The van der Waals surface area contributed by atoms with E-state index in [1.165, 1.54) is 18.2 Å². The highest BCUT2D eigenvalue weighted by molar-refractivity contribution is 5.82. The molecular formula is C15H14FN5O2. The molecular weight excluding hydrogens is 301 g/mol. The van der Waals surface area contributed by atoms with E-state index in [9.17, 15) is 9.18 Å². The smallest absolute Gasteiger partial charge is 0.266 e.